The molecule has 1 fully saturated rings. The summed E-state index contributed by atoms with van der Waals surface area (Å²) >= 11 is 0. The van der Waals surface area contributed by atoms with E-state index in [1.165, 1.54) is 34.5 Å². The molecule has 0 N–H and O–H groups in total. The maximum absolute atomic E-state index is 13.2. The molecular formula is C22H25F3N2O4S. The highest BCUT2D eigenvalue weighted by molar-refractivity contribution is 7.89. The topological polar surface area (TPSA) is 66.9 Å². The van der Waals surface area contributed by atoms with E-state index < -0.39 is 27.7 Å². The summed E-state index contributed by atoms with van der Waals surface area (Å²) in [5.41, 5.74) is 0.279. The SMILES string of the molecule is CCc1ccc(C(=O)N(C)Cc2cccc(C(F)(F)F)c2)cc1S(=O)(=O)N1CCOCC1. The van der Waals surface area contributed by atoms with Crippen molar-refractivity contribution in [3.63, 3.8) is 0 Å². The third kappa shape index (κ3) is 5.31. The summed E-state index contributed by atoms with van der Waals surface area (Å²) in [6, 6.07) is 9.28. The number of halogens is 3. The predicted molar refractivity (Wildman–Crippen MR) is 113 cm³/mol. The molecule has 1 saturated heterocycles. The molecule has 1 aliphatic heterocycles. The van der Waals surface area contributed by atoms with Gasteiger partial charge in [-0.25, -0.2) is 8.42 Å². The van der Waals surface area contributed by atoms with Gasteiger partial charge in [-0.05, 0) is 41.8 Å². The molecule has 3 rings (SSSR count). The second kappa shape index (κ2) is 9.60. The second-order valence-electron chi connectivity index (χ2n) is 7.55. The largest absolute Gasteiger partial charge is 0.416 e. The van der Waals surface area contributed by atoms with Crippen molar-refractivity contribution in [2.24, 2.45) is 0 Å². The van der Waals surface area contributed by atoms with E-state index in [0.717, 1.165) is 12.1 Å². The van der Waals surface area contributed by atoms with Crippen molar-refractivity contribution in [2.45, 2.75) is 31.0 Å². The van der Waals surface area contributed by atoms with Crippen molar-refractivity contribution in [3.05, 3.63) is 64.7 Å². The fourth-order valence-electron chi connectivity index (χ4n) is 3.56. The van der Waals surface area contributed by atoms with Gasteiger partial charge >= 0.3 is 6.18 Å². The molecule has 0 aromatic heterocycles. The summed E-state index contributed by atoms with van der Waals surface area (Å²) in [4.78, 5) is 14.3. The van der Waals surface area contributed by atoms with Crippen LogP contribution in [0.3, 0.4) is 0 Å². The Morgan fingerprint density at radius 2 is 1.81 bits per heavy atom. The Hall–Kier alpha value is -2.43. The summed E-state index contributed by atoms with van der Waals surface area (Å²) < 4.78 is 71.8. The average Bonchev–Trinajstić information content (AvgIpc) is 2.78. The van der Waals surface area contributed by atoms with E-state index in [0.29, 0.717) is 30.8 Å². The monoisotopic (exact) mass is 470 g/mol. The molecule has 2 aromatic carbocycles. The molecule has 0 radical (unpaired) electrons. The van der Waals surface area contributed by atoms with E-state index in [4.69, 9.17) is 4.74 Å². The third-order valence-electron chi connectivity index (χ3n) is 5.30. The van der Waals surface area contributed by atoms with E-state index in [1.54, 1.807) is 12.1 Å². The number of alkyl halides is 3. The zero-order valence-corrected chi connectivity index (χ0v) is 18.7. The summed E-state index contributed by atoms with van der Waals surface area (Å²) in [5, 5.41) is 0. The van der Waals surface area contributed by atoms with Crippen LogP contribution in [0.1, 0.15) is 34.0 Å². The molecule has 0 atom stereocenters. The quantitative estimate of drug-likeness (QED) is 0.648. The van der Waals surface area contributed by atoms with Gasteiger partial charge in [-0.3, -0.25) is 4.79 Å². The first kappa shape index (κ1) is 24.2. The van der Waals surface area contributed by atoms with Crippen molar-refractivity contribution in [1.82, 2.24) is 9.21 Å². The highest BCUT2D eigenvalue weighted by atomic mass is 32.2. The van der Waals surface area contributed by atoms with Gasteiger partial charge in [0.2, 0.25) is 10.0 Å². The number of amides is 1. The second-order valence-corrected chi connectivity index (χ2v) is 9.46. The van der Waals surface area contributed by atoms with Gasteiger partial charge in [0.05, 0.1) is 23.7 Å². The van der Waals surface area contributed by atoms with Crippen LogP contribution in [0.2, 0.25) is 0 Å². The molecule has 2 aromatic rings. The number of sulfonamides is 1. The standard InChI is InChI=1S/C22H25F3N2O4S/c1-3-17-7-8-18(14-20(17)32(29,30)27-9-11-31-12-10-27)21(28)26(2)15-16-5-4-6-19(13-16)22(23,24)25/h4-8,13-14H,3,9-12,15H2,1-2H3. The zero-order chi connectivity index (χ0) is 23.5. The van der Waals surface area contributed by atoms with Crippen LogP contribution in [0.5, 0.6) is 0 Å². The molecule has 6 nitrogen and oxygen atoms in total. The van der Waals surface area contributed by atoms with Gasteiger partial charge < -0.3 is 9.64 Å². The predicted octanol–water partition coefficient (Wildman–Crippen LogP) is 3.56. The van der Waals surface area contributed by atoms with Crippen molar-refractivity contribution in [2.75, 3.05) is 33.4 Å². The molecule has 1 amide bonds. The van der Waals surface area contributed by atoms with Gasteiger partial charge in [0.15, 0.2) is 0 Å². The molecule has 0 spiro atoms. The van der Waals surface area contributed by atoms with Crippen LogP contribution in [0.4, 0.5) is 13.2 Å². The Bertz CT molecular complexity index is 1080. The van der Waals surface area contributed by atoms with Gasteiger partial charge in [0.25, 0.3) is 5.91 Å². The van der Waals surface area contributed by atoms with Gasteiger partial charge in [-0.2, -0.15) is 17.5 Å². The summed E-state index contributed by atoms with van der Waals surface area (Å²) in [5.74, 6) is -0.483. The number of benzene rings is 2. The minimum Gasteiger partial charge on any atom is -0.379 e. The first-order chi connectivity index (χ1) is 15.0. The zero-order valence-electron chi connectivity index (χ0n) is 17.9. The highest BCUT2D eigenvalue weighted by Crippen LogP contribution is 2.30. The van der Waals surface area contributed by atoms with E-state index in [1.807, 2.05) is 6.92 Å². The number of carbonyl (C=O) groups excluding carboxylic acids is 1. The lowest BCUT2D eigenvalue weighted by molar-refractivity contribution is -0.137. The van der Waals surface area contributed by atoms with Crippen molar-refractivity contribution < 1.29 is 31.1 Å². The van der Waals surface area contributed by atoms with E-state index in [2.05, 4.69) is 0 Å². The number of morpholine rings is 1. The van der Waals surface area contributed by atoms with Gasteiger partial charge in [0, 0.05) is 32.2 Å². The summed E-state index contributed by atoms with van der Waals surface area (Å²) in [6.07, 6.45) is -4.01. The number of hydrogen-bond acceptors (Lipinski definition) is 4. The number of ether oxygens (including phenoxy) is 1. The third-order valence-corrected chi connectivity index (χ3v) is 7.28. The molecular weight excluding hydrogens is 445 g/mol. The van der Waals surface area contributed by atoms with Crippen LogP contribution in [-0.2, 0) is 33.9 Å². The molecule has 0 unspecified atom stereocenters. The van der Waals surface area contributed by atoms with Crippen LogP contribution in [-0.4, -0.2) is 56.9 Å². The van der Waals surface area contributed by atoms with E-state index >= 15 is 0 Å². The van der Waals surface area contributed by atoms with Crippen LogP contribution < -0.4 is 0 Å². The lowest BCUT2D eigenvalue weighted by Gasteiger charge is -2.27. The Morgan fingerprint density at radius 3 is 2.44 bits per heavy atom. The Morgan fingerprint density at radius 1 is 1.12 bits per heavy atom. The number of aryl methyl sites for hydroxylation is 1. The molecule has 1 aliphatic rings. The number of hydrogen-bond donors (Lipinski definition) is 0. The number of rotatable bonds is 6. The molecule has 10 heteroatoms. The van der Waals surface area contributed by atoms with Gasteiger partial charge in [-0.1, -0.05) is 25.1 Å². The Kier molecular flexibility index (Phi) is 7.26. The maximum atomic E-state index is 13.2. The lowest BCUT2D eigenvalue weighted by Crippen LogP contribution is -2.41. The summed E-state index contributed by atoms with van der Waals surface area (Å²) in [6.45, 7) is 2.86. The maximum Gasteiger partial charge on any atom is 0.416 e. The first-order valence-corrected chi connectivity index (χ1v) is 11.6. The fraction of sp³-hybridized carbons (Fsp3) is 0.409. The number of carbonyl (C=O) groups is 1. The van der Waals surface area contributed by atoms with Crippen LogP contribution in [0.15, 0.2) is 47.4 Å². The lowest BCUT2D eigenvalue weighted by atomic mass is 10.1. The normalized spacial score (nSPS) is 15.5. The van der Waals surface area contributed by atoms with Crippen molar-refractivity contribution in [3.8, 4) is 0 Å². The van der Waals surface area contributed by atoms with Gasteiger partial charge in [0.1, 0.15) is 0 Å². The smallest absolute Gasteiger partial charge is 0.379 e. The number of nitrogens with zero attached hydrogens (tertiary/aromatic N) is 2. The average molecular weight is 471 g/mol. The fourth-order valence-corrected chi connectivity index (χ4v) is 5.29. The molecule has 0 aliphatic carbocycles. The minimum atomic E-state index is -4.47. The first-order valence-electron chi connectivity index (χ1n) is 10.2. The van der Waals surface area contributed by atoms with Crippen LogP contribution in [0.25, 0.3) is 0 Å². The van der Waals surface area contributed by atoms with E-state index in [-0.39, 0.29) is 30.1 Å². The minimum absolute atomic E-state index is 0.0518. The molecule has 1 heterocycles. The molecule has 174 valence electrons. The van der Waals surface area contributed by atoms with Crippen molar-refractivity contribution >= 4 is 15.9 Å². The highest BCUT2D eigenvalue weighted by Gasteiger charge is 2.31. The molecule has 0 saturated carbocycles. The van der Waals surface area contributed by atoms with Gasteiger partial charge in [-0.15, -0.1) is 0 Å². The van der Waals surface area contributed by atoms with E-state index in [9.17, 15) is 26.4 Å². The van der Waals surface area contributed by atoms with Crippen molar-refractivity contribution in [1.29, 1.82) is 0 Å². The Labute approximate surface area is 185 Å². The Balaban J connectivity index is 1.86. The molecule has 32 heavy (non-hydrogen) atoms. The molecule has 0 bridgehead atoms. The van der Waals surface area contributed by atoms with Crippen LogP contribution >= 0.6 is 0 Å². The van der Waals surface area contributed by atoms with Crippen LogP contribution in [0, 0.1) is 0 Å². The summed E-state index contributed by atoms with van der Waals surface area (Å²) in [7, 11) is -2.35.